The Morgan fingerprint density at radius 1 is 1.00 bits per heavy atom. The van der Waals surface area contributed by atoms with Crippen molar-refractivity contribution in [2.24, 2.45) is 0 Å². The number of furan rings is 1. The van der Waals surface area contributed by atoms with Crippen molar-refractivity contribution in [2.75, 3.05) is 7.11 Å². The Hall–Kier alpha value is -2.75. The summed E-state index contributed by atoms with van der Waals surface area (Å²) in [6, 6.07) is 11.1. The van der Waals surface area contributed by atoms with Crippen LogP contribution in [0.1, 0.15) is 5.56 Å². The van der Waals surface area contributed by atoms with Gasteiger partial charge < -0.3 is 13.6 Å². The largest absolute Gasteiger partial charge is 0.497 e. The van der Waals surface area contributed by atoms with Crippen molar-refractivity contribution in [3.05, 3.63) is 52.4 Å². The zero-order valence-electron chi connectivity index (χ0n) is 11.6. The lowest BCUT2D eigenvalue weighted by molar-refractivity contribution is 0.415. The molecule has 0 N–H and O–H groups in total. The molecule has 4 aromatic rings. The van der Waals surface area contributed by atoms with E-state index in [2.05, 4.69) is 0 Å². The zero-order valence-corrected chi connectivity index (χ0v) is 11.6. The number of aryl methyl sites for hydroxylation is 1. The Labute approximate surface area is 119 Å². The molecule has 0 aliphatic carbocycles. The first-order chi connectivity index (χ1) is 10.2. The smallest absolute Gasteiger partial charge is 0.348 e. The first-order valence-corrected chi connectivity index (χ1v) is 6.62. The maximum absolute atomic E-state index is 12.3. The number of para-hydroxylation sites is 1. The summed E-state index contributed by atoms with van der Waals surface area (Å²) in [7, 11) is 1.60. The lowest BCUT2D eigenvalue weighted by Crippen LogP contribution is -1.98. The SMILES string of the molecule is COc1cc(C)c2oc3c4ccccc4oc(=O)c3c2c1. The second-order valence-electron chi connectivity index (χ2n) is 5.01. The molecule has 21 heavy (non-hydrogen) atoms. The Bertz CT molecular complexity index is 1050. The van der Waals surface area contributed by atoms with E-state index in [0.717, 1.165) is 16.3 Å². The van der Waals surface area contributed by atoms with Crippen LogP contribution >= 0.6 is 0 Å². The van der Waals surface area contributed by atoms with Gasteiger partial charge in [-0.3, -0.25) is 0 Å². The fraction of sp³-hybridized carbons (Fsp3) is 0.118. The molecule has 0 radical (unpaired) electrons. The molecule has 0 spiro atoms. The Morgan fingerprint density at radius 2 is 1.81 bits per heavy atom. The van der Waals surface area contributed by atoms with Crippen LogP contribution in [0.2, 0.25) is 0 Å². The van der Waals surface area contributed by atoms with Crippen molar-refractivity contribution in [1.82, 2.24) is 0 Å². The van der Waals surface area contributed by atoms with Gasteiger partial charge in [0.25, 0.3) is 0 Å². The van der Waals surface area contributed by atoms with E-state index in [4.69, 9.17) is 13.6 Å². The number of hydrogen-bond donors (Lipinski definition) is 0. The van der Waals surface area contributed by atoms with Crippen LogP contribution in [-0.2, 0) is 0 Å². The number of benzene rings is 2. The van der Waals surface area contributed by atoms with Crippen LogP contribution in [0, 0.1) is 6.92 Å². The van der Waals surface area contributed by atoms with Crippen LogP contribution in [0.15, 0.2) is 50.0 Å². The molecule has 0 amide bonds. The fourth-order valence-electron chi connectivity index (χ4n) is 2.74. The summed E-state index contributed by atoms with van der Waals surface area (Å²) in [5.41, 5.74) is 2.31. The van der Waals surface area contributed by atoms with Gasteiger partial charge in [-0.1, -0.05) is 12.1 Å². The summed E-state index contributed by atoms with van der Waals surface area (Å²) >= 11 is 0. The van der Waals surface area contributed by atoms with Crippen molar-refractivity contribution < 1.29 is 13.6 Å². The summed E-state index contributed by atoms with van der Waals surface area (Å²) in [5.74, 6) is 0.690. The van der Waals surface area contributed by atoms with Gasteiger partial charge in [0.05, 0.1) is 12.5 Å². The highest BCUT2D eigenvalue weighted by Crippen LogP contribution is 2.35. The van der Waals surface area contributed by atoms with Gasteiger partial charge in [-0.2, -0.15) is 0 Å². The Kier molecular flexibility index (Phi) is 2.36. The maximum atomic E-state index is 12.3. The third kappa shape index (κ3) is 1.59. The summed E-state index contributed by atoms with van der Waals surface area (Å²) < 4.78 is 16.6. The van der Waals surface area contributed by atoms with Gasteiger partial charge in [0.2, 0.25) is 0 Å². The predicted molar refractivity (Wildman–Crippen MR) is 81.1 cm³/mol. The highest BCUT2D eigenvalue weighted by Gasteiger charge is 2.17. The van der Waals surface area contributed by atoms with Crippen LogP contribution in [0.3, 0.4) is 0 Å². The average molecular weight is 280 g/mol. The number of ether oxygens (including phenoxy) is 1. The van der Waals surface area contributed by atoms with Crippen molar-refractivity contribution in [1.29, 1.82) is 0 Å². The molecular weight excluding hydrogens is 268 g/mol. The lowest BCUT2D eigenvalue weighted by atomic mass is 10.1. The molecule has 0 saturated carbocycles. The van der Waals surface area contributed by atoms with E-state index in [1.54, 1.807) is 19.2 Å². The quantitative estimate of drug-likeness (QED) is 0.494. The van der Waals surface area contributed by atoms with Crippen LogP contribution < -0.4 is 10.4 Å². The maximum Gasteiger partial charge on any atom is 0.348 e. The van der Waals surface area contributed by atoms with Crippen molar-refractivity contribution in [3.63, 3.8) is 0 Å². The Morgan fingerprint density at radius 3 is 2.62 bits per heavy atom. The number of hydrogen-bond acceptors (Lipinski definition) is 4. The van der Waals surface area contributed by atoms with Gasteiger partial charge in [0.1, 0.15) is 22.3 Å². The molecule has 4 heteroatoms. The topological polar surface area (TPSA) is 52.6 Å². The van der Waals surface area contributed by atoms with Crippen molar-refractivity contribution in [2.45, 2.75) is 6.92 Å². The van der Waals surface area contributed by atoms with E-state index in [0.29, 0.717) is 27.9 Å². The minimum Gasteiger partial charge on any atom is -0.497 e. The monoisotopic (exact) mass is 280 g/mol. The molecule has 2 aromatic carbocycles. The second kappa shape index (κ2) is 4.12. The van der Waals surface area contributed by atoms with E-state index in [-0.39, 0.29) is 0 Å². The van der Waals surface area contributed by atoms with E-state index in [1.807, 2.05) is 31.2 Å². The first-order valence-electron chi connectivity index (χ1n) is 6.62. The highest BCUT2D eigenvalue weighted by molar-refractivity contribution is 6.13. The summed E-state index contributed by atoms with van der Waals surface area (Å²) in [6.07, 6.45) is 0. The van der Waals surface area contributed by atoms with E-state index in [9.17, 15) is 4.79 Å². The normalized spacial score (nSPS) is 11.5. The molecule has 104 valence electrons. The molecule has 4 nitrogen and oxygen atoms in total. The minimum absolute atomic E-state index is 0.393. The summed E-state index contributed by atoms with van der Waals surface area (Å²) in [6.45, 7) is 1.93. The minimum atomic E-state index is -0.393. The average Bonchev–Trinajstić information content (AvgIpc) is 2.88. The first kappa shape index (κ1) is 12.0. The van der Waals surface area contributed by atoms with Crippen LogP contribution in [0.25, 0.3) is 32.9 Å². The zero-order chi connectivity index (χ0) is 14.6. The predicted octanol–water partition coefficient (Wildman–Crippen LogP) is 4.01. The third-order valence-electron chi connectivity index (χ3n) is 3.72. The van der Waals surface area contributed by atoms with Crippen molar-refractivity contribution in [3.8, 4) is 5.75 Å². The summed E-state index contributed by atoms with van der Waals surface area (Å²) in [5, 5.41) is 1.98. The molecule has 2 aromatic heterocycles. The Balaban J connectivity index is 2.32. The van der Waals surface area contributed by atoms with Gasteiger partial charge >= 0.3 is 5.63 Å². The molecule has 4 rings (SSSR count). The van der Waals surface area contributed by atoms with Gasteiger partial charge in [-0.15, -0.1) is 0 Å². The molecule has 0 saturated heterocycles. The standard InChI is InChI=1S/C17H12O4/c1-9-7-10(19-2)8-12-14-16(21-15(9)12)11-5-3-4-6-13(11)20-17(14)18/h3-8H,1-2H3. The second-order valence-corrected chi connectivity index (χ2v) is 5.01. The molecule has 0 unspecified atom stereocenters. The molecule has 0 fully saturated rings. The number of fused-ring (bicyclic) bond motifs is 5. The van der Waals surface area contributed by atoms with Gasteiger partial charge in [0, 0.05) is 5.39 Å². The third-order valence-corrected chi connectivity index (χ3v) is 3.72. The molecule has 0 atom stereocenters. The number of methoxy groups -OCH3 is 1. The fourth-order valence-corrected chi connectivity index (χ4v) is 2.74. The molecular formula is C17H12O4. The lowest BCUT2D eigenvalue weighted by Gasteiger charge is -2.01. The van der Waals surface area contributed by atoms with E-state index < -0.39 is 5.63 Å². The van der Waals surface area contributed by atoms with Crippen LogP contribution in [0.4, 0.5) is 0 Å². The molecule has 0 aliphatic rings. The van der Waals surface area contributed by atoms with E-state index >= 15 is 0 Å². The van der Waals surface area contributed by atoms with Crippen LogP contribution in [-0.4, -0.2) is 7.11 Å². The van der Waals surface area contributed by atoms with Gasteiger partial charge in [-0.05, 0) is 36.8 Å². The van der Waals surface area contributed by atoms with Crippen molar-refractivity contribution >= 4 is 32.9 Å². The molecule has 0 aliphatic heterocycles. The van der Waals surface area contributed by atoms with Gasteiger partial charge in [0.15, 0.2) is 5.58 Å². The van der Waals surface area contributed by atoms with E-state index in [1.165, 1.54) is 0 Å². The van der Waals surface area contributed by atoms with Gasteiger partial charge in [-0.25, -0.2) is 4.79 Å². The molecule has 2 heterocycles. The van der Waals surface area contributed by atoms with Crippen LogP contribution in [0.5, 0.6) is 5.75 Å². The molecule has 0 bridgehead atoms. The highest BCUT2D eigenvalue weighted by atomic mass is 16.5. The summed E-state index contributed by atoms with van der Waals surface area (Å²) in [4.78, 5) is 12.3. The number of rotatable bonds is 1.